The summed E-state index contributed by atoms with van der Waals surface area (Å²) in [5.41, 5.74) is 0. The number of nitrogens with zero attached hydrogens (tertiary/aromatic N) is 1. The summed E-state index contributed by atoms with van der Waals surface area (Å²) in [4.78, 5) is 0. The molecule has 0 bridgehead atoms. The van der Waals surface area contributed by atoms with Crippen molar-refractivity contribution in [2.45, 2.75) is 0 Å². The van der Waals surface area contributed by atoms with E-state index in [0.29, 0.717) is 4.48 Å². The molecule has 0 rings (SSSR count). The van der Waals surface area contributed by atoms with Crippen LogP contribution in [-0.4, -0.2) is 37.5 Å². The van der Waals surface area contributed by atoms with Crippen molar-refractivity contribution in [2.75, 3.05) is 27.9 Å². The molecule has 12 heavy (non-hydrogen) atoms. The molecule has 1 N–H and O–H groups in total. The third-order valence-electron chi connectivity index (χ3n) is 0.424. The molecule has 0 aliphatic rings. The predicted octanol–water partition coefficient (Wildman–Crippen LogP) is 2.05. The largest absolute Gasteiger partial charge is 0.347 e. The highest BCUT2D eigenvalue weighted by Crippen LogP contribution is 1.81. The zero-order valence-electron chi connectivity index (χ0n) is 8.84. The van der Waals surface area contributed by atoms with Gasteiger partial charge in [-0.2, -0.15) is 0 Å². The third-order valence-corrected chi connectivity index (χ3v) is 0.424. The maximum absolute atomic E-state index is 8.38. The number of rotatable bonds is 1. The van der Waals surface area contributed by atoms with Gasteiger partial charge in [0.25, 0.3) is 0 Å². The van der Waals surface area contributed by atoms with E-state index in [-0.39, 0.29) is 6.73 Å². The van der Waals surface area contributed by atoms with E-state index in [2.05, 4.69) is 39.5 Å². The highest BCUT2D eigenvalue weighted by Gasteiger charge is 1.99. The van der Waals surface area contributed by atoms with Crippen LogP contribution < -0.4 is 0 Å². The summed E-state index contributed by atoms with van der Waals surface area (Å²) in [6.45, 7) is 18.2. The quantitative estimate of drug-likeness (QED) is 0.366. The van der Waals surface area contributed by atoms with Gasteiger partial charge in [-0.3, -0.25) is 0 Å². The van der Waals surface area contributed by atoms with Crippen LogP contribution in [0.3, 0.4) is 0 Å². The molecule has 0 aromatic carbocycles. The molecule has 0 saturated carbocycles. The second kappa shape index (κ2) is 22.5. The molecule has 0 saturated heterocycles. The van der Waals surface area contributed by atoms with E-state index >= 15 is 0 Å². The first kappa shape index (κ1) is 22.5. The Kier molecular flexibility index (Phi) is 42.1. The van der Waals surface area contributed by atoms with E-state index in [1.807, 2.05) is 21.1 Å². The van der Waals surface area contributed by atoms with Crippen LogP contribution >= 0.6 is 0 Å². The van der Waals surface area contributed by atoms with E-state index in [4.69, 9.17) is 5.11 Å². The molecule has 0 aromatic heterocycles. The Labute approximate surface area is 77.7 Å². The highest BCUT2D eigenvalue weighted by molar-refractivity contribution is 4.22. The normalized spacial score (nSPS) is 7.00. The summed E-state index contributed by atoms with van der Waals surface area (Å²) < 4.78 is 0.625. The zero-order chi connectivity index (χ0) is 11.2. The Morgan fingerprint density at radius 2 is 0.917 bits per heavy atom. The van der Waals surface area contributed by atoms with E-state index < -0.39 is 0 Å². The Hall–Kier alpha value is -0.860. The van der Waals surface area contributed by atoms with E-state index in [9.17, 15) is 0 Å². The van der Waals surface area contributed by atoms with E-state index in [0.717, 1.165) is 0 Å². The van der Waals surface area contributed by atoms with Crippen molar-refractivity contribution < 1.29 is 9.59 Å². The summed E-state index contributed by atoms with van der Waals surface area (Å²) in [6, 6.07) is 0. The van der Waals surface area contributed by atoms with Gasteiger partial charge in [0.2, 0.25) is 0 Å². The summed E-state index contributed by atoms with van der Waals surface area (Å²) in [5.74, 6) is 0. The van der Waals surface area contributed by atoms with Crippen LogP contribution in [0.4, 0.5) is 0 Å². The van der Waals surface area contributed by atoms with Gasteiger partial charge in [-0.05, 0) is 0 Å². The third kappa shape index (κ3) is 132. The van der Waals surface area contributed by atoms with Crippen molar-refractivity contribution in [2.24, 2.45) is 0 Å². The first-order chi connectivity index (χ1) is 5.56. The minimum atomic E-state index is 0.208. The smallest absolute Gasteiger partial charge is 0.179 e. The molecule has 0 amide bonds. The molecule has 0 aliphatic heterocycles. The fourth-order valence-electron chi connectivity index (χ4n) is 0. The van der Waals surface area contributed by atoms with Gasteiger partial charge in [0.05, 0.1) is 21.1 Å². The number of hydrogen-bond acceptors (Lipinski definition) is 1. The number of aliphatic hydroxyl groups is 1. The fraction of sp³-hybridized carbons (Fsp3) is 0.400. The highest BCUT2D eigenvalue weighted by atomic mass is 16.3. The second-order valence-electron chi connectivity index (χ2n) is 2.43. The molecular weight excluding hydrogens is 150 g/mol. The van der Waals surface area contributed by atoms with Gasteiger partial charge in [0.1, 0.15) is 0 Å². The minimum absolute atomic E-state index is 0.208. The lowest BCUT2D eigenvalue weighted by atomic mass is 10.7. The van der Waals surface area contributed by atoms with E-state index in [1.165, 1.54) is 0 Å². The SMILES string of the molecule is C=C.C=C.C=C.C[N+](C)(C)CO. The molecule has 0 aromatic rings. The minimum Gasteiger partial charge on any atom is -0.347 e. The van der Waals surface area contributed by atoms with Gasteiger partial charge in [0, 0.05) is 0 Å². The van der Waals surface area contributed by atoms with E-state index in [1.54, 1.807) is 0 Å². The standard InChI is InChI=1S/C4H12NO.3C2H4/c1-5(2,3)4-6;3*1-2/h6H,4H2,1-3H3;3*1-2H2/q+1;;;. The van der Waals surface area contributed by atoms with Crippen molar-refractivity contribution in [1.82, 2.24) is 0 Å². The van der Waals surface area contributed by atoms with Gasteiger partial charge in [-0.1, -0.05) is 0 Å². The molecule has 0 fully saturated rings. The molecule has 0 unspecified atom stereocenters. The molecule has 0 atom stereocenters. The average molecular weight is 174 g/mol. The van der Waals surface area contributed by atoms with Crippen LogP contribution in [0.5, 0.6) is 0 Å². The molecule has 0 aliphatic carbocycles. The topological polar surface area (TPSA) is 20.2 Å². The van der Waals surface area contributed by atoms with Crippen molar-refractivity contribution in [3.05, 3.63) is 39.5 Å². The van der Waals surface area contributed by atoms with Gasteiger partial charge in [-0.15, -0.1) is 39.5 Å². The van der Waals surface area contributed by atoms with Crippen molar-refractivity contribution in [3.8, 4) is 0 Å². The van der Waals surface area contributed by atoms with Crippen LogP contribution in [0.1, 0.15) is 0 Å². The van der Waals surface area contributed by atoms with Gasteiger partial charge in [0.15, 0.2) is 6.73 Å². The lowest BCUT2D eigenvalue weighted by Crippen LogP contribution is -2.34. The van der Waals surface area contributed by atoms with Crippen molar-refractivity contribution in [3.63, 3.8) is 0 Å². The first-order valence-corrected chi connectivity index (χ1v) is 3.47. The molecule has 0 radical (unpaired) electrons. The number of hydrogen-bond donors (Lipinski definition) is 1. The Bertz CT molecular complexity index is 62.0. The molecule has 74 valence electrons. The van der Waals surface area contributed by atoms with Crippen molar-refractivity contribution >= 4 is 0 Å². The maximum Gasteiger partial charge on any atom is 0.179 e. The lowest BCUT2D eigenvalue weighted by molar-refractivity contribution is -0.889. The van der Waals surface area contributed by atoms with Crippen LogP contribution in [0.2, 0.25) is 0 Å². The first-order valence-electron chi connectivity index (χ1n) is 3.47. The van der Waals surface area contributed by atoms with Crippen LogP contribution in [0, 0.1) is 0 Å². The number of aliphatic hydroxyl groups excluding tert-OH is 1. The summed E-state index contributed by atoms with van der Waals surface area (Å²) in [7, 11) is 5.79. The molecule has 0 heterocycles. The molecule has 0 spiro atoms. The van der Waals surface area contributed by atoms with Gasteiger partial charge < -0.3 is 9.59 Å². The van der Waals surface area contributed by atoms with Crippen LogP contribution in [0.25, 0.3) is 0 Å². The van der Waals surface area contributed by atoms with Gasteiger partial charge in [-0.25, -0.2) is 0 Å². The zero-order valence-corrected chi connectivity index (χ0v) is 8.84. The Balaban J connectivity index is -0.0000000453. The predicted molar refractivity (Wildman–Crippen MR) is 58.9 cm³/mol. The molecule has 2 heteroatoms. The Morgan fingerprint density at radius 1 is 0.833 bits per heavy atom. The van der Waals surface area contributed by atoms with Crippen LogP contribution in [0.15, 0.2) is 39.5 Å². The Morgan fingerprint density at radius 3 is 0.917 bits per heavy atom. The maximum atomic E-state index is 8.38. The summed E-state index contributed by atoms with van der Waals surface area (Å²) in [6.07, 6.45) is 0. The summed E-state index contributed by atoms with van der Waals surface area (Å²) >= 11 is 0. The van der Waals surface area contributed by atoms with Crippen LogP contribution in [-0.2, 0) is 0 Å². The van der Waals surface area contributed by atoms with Crippen molar-refractivity contribution in [1.29, 1.82) is 0 Å². The molecular formula is C10H24NO+. The second-order valence-corrected chi connectivity index (χ2v) is 2.43. The van der Waals surface area contributed by atoms with Gasteiger partial charge >= 0.3 is 0 Å². The monoisotopic (exact) mass is 174 g/mol. The number of quaternary nitrogens is 1. The fourth-order valence-corrected chi connectivity index (χ4v) is 0. The lowest BCUT2D eigenvalue weighted by Gasteiger charge is -2.19. The summed E-state index contributed by atoms with van der Waals surface area (Å²) in [5, 5.41) is 8.38. The molecule has 2 nitrogen and oxygen atoms in total. The average Bonchev–Trinajstić information content (AvgIpc) is 2.14.